The first-order valence-electron chi connectivity index (χ1n) is 5.33. The molecule has 0 N–H and O–H groups in total. The average Bonchev–Trinajstić information content (AvgIpc) is 2.20. The molecule has 0 radical (unpaired) electrons. The van der Waals surface area contributed by atoms with E-state index in [1.165, 1.54) is 16.8 Å². The predicted molar refractivity (Wildman–Crippen MR) is 66.6 cm³/mol. The minimum Gasteiger partial charge on any atom is -0.377 e. The van der Waals surface area contributed by atoms with Gasteiger partial charge in [-0.05, 0) is 19.4 Å². The summed E-state index contributed by atoms with van der Waals surface area (Å²) >= 11 is 0. The average molecular weight is 247 g/mol. The van der Waals surface area contributed by atoms with E-state index >= 15 is 0 Å². The highest BCUT2D eigenvalue weighted by Crippen LogP contribution is 2.06. The van der Waals surface area contributed by atoms with Crippen molar-refractivity contribution in [3.8, 4) is 0 Å². The summed E-state index contributed by atoms with van der Waals surface area (Å²) in [5.41, 5.74) is 0. The summed E-state index contributed by atoms with van der Waals surface area (Å²) in [6.07, 6.45) is 6.53. The lowest BCUT2D eigenvalue weighted by Crippen LogP contribution is -2.34. The van der Waals surface area contributed by atoms with Crippen LogP contribution in [0.1, 0.15) is 20.3 Å². The van der Waals surface area contributed by atoms with Gasteiger partial charge in [0.25, 0.3) is 0 Å². The van der Waals surface area contributed by atoms with Crippen molar-refractivity contribution < 1.29 is 13.2 Å². The molecule has 0 saturated carbocycles. The molecule has 0 aliphatic rings. The van der Waals surface area contributed by atoms with Crippen LogP contribution in [0.4, 0.5) is 0 Å². The molecule has 0 fully saturated rings. The van der Waals surface area contributed by atoms with Gasteiger partial charge in [0.1, 0.15) is 0 Å². The highest BCUT2D eigenvalue weighted by Gasteiger charge is 2.17. The van der Waals surface area contributed by atoms with Gasteiger partial charge in [0.15, 0.2) is 0 Å². The van der Waals surface area contributed by atoms with Crippen LogP contribution in [-0.4, -0.2) is 38.2 Å². The van der Waals surface area contributed by atoms with Crippen molar-refractivity contribution in [3.63, 3.8) is 0 Å². The summed E-state index contributed by atoms with van der Waals surface area (Å²) in [5, 5.41) is 0. The first kappa shape index (κ1) is 15.2. The van der Waals surface area contributed by atoms with Gasteiger partial charge in [0.2, 0.25) is 10.0 Å². The van der Waals surface area contributed by atoms with E-state index in [1.807, 2.05) is 13.8 Å². The van der Waals surface area contributed by atoms with Gasteiger partial charge in [0.05, 0.1) is 18.9 Å². The van der Waals surface area contributed by atoms with E-state index in [9.17, 15) is 8.42 Å². The standard InChI is InChI=1S/C11H21NO3S/c1-5-8-9-12(16(4,13)14)10-11(6-2)15-7-3/h5,8-9,11H,1,6-7,10H2,2-4H3/b9-8+/t11-/m0/s1. The highest BCUT2D eigenvalue weighted by atomic mass is 32.2. The van der Waals surface area contributed by atoms with Crippen LogP contribution in [0, 0.1) is 0 Å². The van der Waals surface area contributed by atoms with Crippen LogP contribution in [0.15, 0.2) is 24.9 Å². The Kier molecular flexibility index (Phi) is 7.08. The Hall–Kier alpha value is -0.810. The second-order valence-electron chi connectivity index (χ2n) is 3.40. The molecule has 0 aliphatic carbocycles. The fourth-order valence-corrected chi connectivity index (χ4v) is 1.93. The summed E-state index contributed by atoms with van der Waals surface area (Å²) in [6.45, 7) is 8.30. The Morgan fingerprint density at radius 2 is 2.06 bits per heavy atom. The maximum absolute atomic E-state index is 11.5. The van der Waals surface area contributed by atoms with Crippen molar-refractivity contribution in [1.82, 2.24) is 4.31 Å². The maximum Gasteiger partial charge on any atom is 0.231 e. The SMILES string of the molecule is C=C/C=C/N(C[C@H](CC)OCC)S(C)(=O)=O. The molecule has 0 aliphatic heterocycles. The molecule has 0 bridgehead atoms. The Morgan fingerprint density at radius 3 is 2.44 bits per heavy atom. The third-order valence-corrected chi connectivity index (χ3v) is 3.18. The third kappa shape index (κ3) is 5.92. The van der Waals surface area contributed by atoms with Gasteiger partial charge in [-0.15, -0.1) is 0 Å². The van der Waals surface area contributed by atoms with E-state index in [1.54, 1.807) is 12.2 Å². The molecule has 5 heteroatoms. The quantitative estimate of drug-likeness (QED) is 0.614. The zero-order chi connectivity index (χ0) is 12.6. The molecule has 94 valence electrons. The summed E-state index contributed by atoms with van der Waals surface area (Å²) in [4.78, 5) is 0. The molecule has 0 aromatic carbocycles. The number of hydrogen-bond acceptors (Lipinski definition) is 3. The molecule has 0 heterocycles. The van der Waals surface area contributed by atoms with Gasteiger partial charge in [-0.25, -0.2) is 8.42 Å². The molecule has 0 aromatic heterocycles. The Balaban J connectivity index is 4.65. The largest absolute Gasteiger partial charge is 0.377 e. The highest BCUT2D eigenvalue weighted by molar-refractivity contribution is 7.88. The smallest absolute Gasteiger partial charge is 0.231 e. The number of sulfonamides is 1. The first-order chi connectivity index (χ1) is 7.45. The number of allylic oxidation sites excluding steroid dienone is 2. The fraction of sp³-hybridized carbons (Fsp3) is 0.636. The van der Waals surface area contributed by atoms with Crippen molar-refractivity contribution in [2.45, 2.75) is 26.4 Å². The topological polar surface area (TPSA) is 46.6 Å². The summed E-state index contributed by atoms with van der Waals surface area (Å²) in [5.74, 6) is 0. The first-order valence-corrected chi connectivity index (χ1v) is 7.18. The Bertz CT molecular complexity index is 322. The van der Waals surface area contributed by atoms with E-state index < -0.39 is 10.0 Å². The van der Waals surface area contributed by atoms with Crippen LogP contribution in [0.2, 0.25) is 0 Å². The third-order valence-electron chi connectivity index (χ3n) is 2.06. The minimum absolute atomic E-state index is 0.0748. The maximum atomic E-state index is 11.5. The molecule has 0 saturated heterocycles. The monoisotopic (exact) mass is 247 g/mol. The summed E-state index contributed by atoms with van der Waals surface area (Å²) in [7, 11) is -3.24. The molecule has 1 atom stereocenters. The molecule has 0 spiro atoms. The van der Waals surface area contributed by atoms with Gasteiger partial charge < -0.3 is 4.74 Å². The molecule has 16 heavy (non-hydrogen) atoms. The second kappa shape index (κ2) is 7.46. The van der Waals surface area contributed by atoms with Gasteiger partial charge in [0, 0.05) is 12.8 Å². The number of ether oxygens (including phenoxy) is 1. The van der Waals surface area contributed by atoms with Gasteiger partial charge >= 0.3 is 0 Å². The van der Waals surface area contributed by atoms with Crippen LogP contribution in [0.3, 0.4) is 0 Å². The number of rotatable bonds is 8. The van der Waals surface area contributed by atoms with Crippen molar-refractivity contribution >= 4 is 10.0 Å². The van der Waals surface area contributed by atoms with Gasteiger partial charge in [-0.1, -0.05) is 19.6 Å². The van der Waals surface area contributed by atoms with Crippen molar-refractivity contribution in [3.05, 3.63) is 24.9 Å². The van der Waals surface area contributed by atoms with E-state index in [2.05, 4.69) is 6.58 Å². The molecule has 0 amide bonds. The summed E-state index contributed by atoms with van der Waals surface area (Å²) < 4.78 is 29.7. The molecule has 0 unspecified atom stereocenters. The predicted octanol–water partition coefficient (Wildman–Crippen LogP) is 1.76. The molecule has 0 aromatic rings. The van der Waals surface area contributed by atoms with Crippen LogP contribution < -0.4 is 0 Å². The second-order valence-corrected chi connectivity index (χ2v) is 5.33. The fourth-order valence-electron chi connectivity index (χ4n) is 1.20. The molecular formula is C11H21NO3S. The minimum atomic E-state index is -3.24. The van der Waals surface area contributed by atoms with Crippen molar-refractivity contribution in [2.75, 3.05) is 19.4 Å². The van der Waals surface area contributed by atoms with Crippen LogP contribution in [0.25, 0.3) is 0 Å². The van der Waals surface area contributed by atoms with E-state index in [-0.39, 0.29) is 6.10 Å². The Labute approximate surface area is 98.6 Å². The molecule has 4 nitrogen and oxygen atoms in total. The number of nitrogens with zero attached hydrogens (tertiary/aromatic N) is 1. The van der Waals surface area contributed by atoms with E-state index in [0.717, 1.165) is 6.42 Å². The van der Waals surface area contributed by atoms with Crippen molar-refractivity contribution in [1.29, 1.82) is 0 Å². The van der Waals surface area contributed by atoms with E-state index in [4.69, 9.17) is 4.74 Å². The zero-order valence-electron chi connectivity index (χ0n) is 10.2. The van der Waals surface area contributed by atoms with Gasteiger partial charge in [-0.2, -0.15) is 0 Å². The molecular weight excluding hydrogens is 226 g/mol. The lowest BCUT2D eigenvalue weighted by atomic mass is 10.3. The van der Waals surface area contributed by atoms with Crippen LogP contribution >= 0.6 is 0 Å². The number of hydrogen-bond donors (Lipinski definition) is 0. The van der Waals surface area contributed by atoms with Crippen LogP contribution in [-0.2, 0) is 14.8 Å². The lowest BCUT2D eigenvalue weighted by Gasteiger charge is -2.23. The molecule has 0 rings (SSSR count). The zero-order valence-corrected chi connectivity index (χ0v) is 11.0. The normalized spacial score (nSPS) is 13.9. The van der Waals surface area contributed by atoms with Gasteiger partial charge in [-0.3, -0.25) is 4.31 Å². The van der Waals surface area contributed by atoms with Crippen LogP contribution in [0.5, 0.6) is 0 Å². The Morgan fingerprint density at radius 1 is 1.44 bits per heavy atom. The lowest BCUT2D eigenvalue weighted by molar-refractivity contribution is 0.0523. The van der Waals surface area contributed by atoms with E-state index in [0.29, 0.717) is 13.2 Å². The summed E-state index contributed by atoms with van der Waals surface area (Å²) in [6, 6.07) is 0. The van der Waals surface area contributed by atoms with Crippen molar-refractivity contribution in [2.24, 2.45) is 0 Å².